The van der Waals surface area contributed by atoms with Crippen LogP contribution in [-0.2, 0) is 31.6 Å². The number of nitrogens with one attached hydrogen (secondary N) is 1. The first-order valence-electron chi connectivity index (χ1n) is 9.44. The Kier molecular flexibility index (Phi) is 3.28. The second-order valence-corrected chi connectivity index (χ2v) is 8.43. The lowest BCUT2D eigenvalue weighted by atomic mass is 9.33. The van der Waals surface area contributed by atoms with Crippen molar-refractivity contribution in [3.8, 4) is 0 Å². The highest BCUT2D eigenvalue weighted by Gasteiger charge is 2.73. The number of hydrogen-bond donors (Lipinski definition) is 1. The number of rotatable bonds is 3. The monoisotopic (exact) mass is 383 g/mol. The van der Waals surface area contributed by atoms with Gasteiger partial charge in [-0.25, -0.2) is 4.79 Å². The zero-order valence-corrected chi connectivity index (χ0v) is 15.8. The van der Waals surface area contributed by atoms with Gasteiger partial charge in [-0.05, 0) is 37.3 Å². The zero-order valence-electron chi connectivity index (χ0n) is 15.8. The molecule has 3 aliphatic carbocycles. The van der Waals surface area contributed by atoms with Crippen LogP contribution in [0.25, 0.3) is 11.0 Å². The van der Waals surface area contributed by atoms with Gasteiger partial charge in [-0.1, -0.05) is 12.1 Å². The minimum Gasteiger partial charge on any atom is -0.469 e. The van der Waals surface area contributed by atoms with E-state index in [9.17, 15) is 19.2 Å². The molecule has 146 valence electrons. The minimum absolute atomic E-state index is 0.116. The number of ether oxygens (including phenoxy) is 1. The van der Waals surface area contributed by atoms with E-state index in [-0.39, 0.29) is 34.8 Å². The number of esters is 1. The molecule has 3 saturated carbocycles. The van der Waals surface area contributed by atoms with E-state index in [0.29, 0.717) is 11.9 Å². The highest BCUT2D eigenvalue weighted by molar-refractivity contribution is 6.00. The van der Waals surface area contributed by atoms with Gasteiger partial charge in [0.25, 0.3) is 0 Å². The van der Waals surface area contributed by atoms with E-state index in [0.717, 1.165) is 30.3 Å². The molecule has 28 heavy (non-hydrogen) atoms. The van der Waals surface area contributed by atoms with Gasteiger partial charge in [0, 0.05) is 18.9 Å². The molecular formula is C20H21N3O5. The summed E-state index contributed by atoms with van der Waals surface area (Å²) < 4.78 is 8.03. The lowest BCUT2D eigenvalue weighted by Gasteiger charge is -2.68. The average molecular weight is 383 g/mol. The smallest absolute Gasteiger partial charge is 0.329 e. The van der Waals surface area contributed by atoms with Crippen LogP contribution in [-0.4, -0.2) is 34.0 Å². The first-order chi connectivity index (χ1) is 13.3. The highest BCUT2D eigenvalue weighted by atomic mass is 16.5. The number of aromatic nitrogens is 2. The van der Waals surface area contributed by atoms with Crippen molar-refractivity contribution >= 4 is 28.8 Å². The Labute approximate surface area is 160 Å². The van der Waals surface area contributed by atoms with Crippen LogP contribution in [0.2, 0.25) is 0 Å². The Bertz CT molecular complexity index is 1110. The van der Waals surface area contributed by atoms with Gasteiger partial charge in [0.2, 0.25) is 11.8 Å². The predicted molar refractivity (Wildman–Crippen MR) is 98.6 cm³/mol. The molecule has 2 amide bonds. The van der Waals surface area contributed by atoms with E-state index in [1.807, 2.05) is 18.2 Å². The fourth-order valence-corrected chi connectivity index (χ4v) is 5.60. The topological polar surface area (TPSA) is 99.4 Å². The molecular weight excluding hydrogens is 362 g/mol. The average Bonchev–Trinajstić information content (AvgIpc) is 2.85. The number of methoxy groups -OCH3 is 1. The number of imidazole rings is 1. The second kappa shape index (κ2) is 5.33. The first-order valence-corrected chi connectivity index (χ1v) is 9.44. The Balaban J connectivity index is 1.60. The molecule has 1 aromatic carbocycles. The molecule has 2 aromatic rings. The molecule has 2 bridgehead atoms. The van der Waals surface area contributed by atoms with Crippen molar-refractivity contribution < 1.29 is 19.1 Å². The number of para-hydroxylation sites is 1. The Hall–Kier alpha value is -2.90. The maximum Gasteiger partial charge on any atom is 0.329 e. The fraction of sp³-hybridized carbons (Fsp3) is 0.500. The number of carbonyl (C=O) groups is 3. The summed E-state index contributed by atoms with van der Waals surface area (Å²) in [5.41, 5.74) is 1.77. The summed E-state index contributed by atoms with van der Waals surface area (Å²) in [6.45, 7) is 0. The molecule has 0 radical (unpaired) electrons. The van der Waals surface area contributed by atoms with E-state index in [4.69, 9.17) is 4.74 Å². The number of hydrogen-bond acceptors (Lipinski definition) is 5. The van der Waals surface area contributed by atoms with Crippen molar-refractivity contribution in [2.24, 2.45) is 12.5 Å². The number of fused-ring (bicyclic) bond motifs is 1. The summed E-state index contributed by atoms with van der Waals surface area (Å²) in [5, 5.41) is 2.33. The van der Waals surface area contributed by atoms with Crippen molar-refractivity contribution in [2.45, 2.75) is 43.6 Å². The molecule has 0 spiro atoms. The predicted octanol–water partition coefficient (Wildman–Crippen LogP) is 0.912. The fourth-order valence-electron chi connectivity index (χ4n) is 5.60. The third-order valence-electron chi connectivity index (χ3n) is 6.84. The SMILES string of the molecule is COC(=O)C12CC(c3cccc4c3n(C)c(=O)n4C3CCC(=O)NC3=O)(C1)C2. The van der Waals surface area contributed by atoms with Crippen LogP contribution < -0.4 is 11.0 Å². The van der Waals surface area contributed by atoms with Gasteiger partial charge in [0.05, 0.1) is 23.6 Å². The number of piperidine rings is 1. The normalized spacial score (nSPS) is 31.1. The van der Waals surface area contributed by atoms with Gasteiger partial charge in [-0.2, -0.15) is 0 Å². The van der Waals surface area contributed by atoms with Crippen LogP contribution in [0.15, 0.2) is 23.0 Å². The van der Waals surface area contributed by atoms with E-state index < -0.39 is 11.9 Å². The second-order valence-electron chi connectivity index (χ2n) is 8.43. The van der Waals surface area contributed by atoms with Crippen LogP contribution >= 0.6 is 0 Å². The quantitative estimate of drug-likeness (QED) is 0.627. The summed E-state index contributed by atoms with van der Waals surface area (Å²) in [7, 11) is 3.12. The molecule has 2 heterocycles. The Morgan fingerprint density at radius 1 is 1.21 bits per heavy atom. The van der Waals surface area contributed by atoms with Crippen molar-refractivity contribution in [1.29, 1.82) is 0 Å². The number of benzene rings is 1. The molecule has 4 aliphatic rings. The maximum atomic E-state index is 13.0. The molecule has 1 atom stereocenters. The number of aryl methyl sites for hydroxylation is 1. The Morgan fingerprint density at radius 3 is 2.57 bits per heavy atom. The number of carbonyl (C=O) groups excluding carboxylic acids is 3. The van der Waals surface area contributed by atoms with E-state index in [2.05, 4.69) is 5.32 Å². The van der Waals surface area contributed by atoms with Crippen LogP contribution in [0, 0.1) is 5.41 Å². The summed E-state index contributed by atoms with van der Waals surface area (Å²) in [5.74, 6) is -0.903. The Morgan fingerprint density at radius 2 is 1.93 bits per heavy atom. The van der Waals surface area contributed by atoms with Gasteiger partial charge in [0.1, 0.15) is 6.04 Å². The highest BCUT2D eigenvalue weighted by Crippen LogP contribution is 2.74. The third-order valence-corrected chi connectivity index (χ3v) is 6.84. The molecule has 1 aliphatic heterocycles. The lowest BCUT2D eigenvalue weighted by molar-refractivity contribution is -0.197. The van der Waals surface area contributed by atoms with Crippen LogP contribution in [0.4, 0.5) is 0 Å². The van der Waals surface area contributed by atoms with E-state index in [1.165, 1.54) is 11.7 Å². The van der Waals surface area contributed by atoms with Crippen LogP contribution in [0.1, 0.15) is 43.7 Å². The van der Waals surface area contributed by atoms with Gasteiger partial charge in [0.15, 0.2) is 0 Å². The number of nitrogens with zero attached hydrogens (tertiary/aromatic N) is 2. The molecule has 6 rings (SSSR count). The molecule has 1 aromatic heterocycles. The van der Waals surface area contributed by atoms with Crippen LogP contribution in [0.3, 0.4) is 0 Å². The molecule has 8 nitrogen and oxygen atoms in total. The van der Waals surface area contributed by atoms with Crippen LogP contribution in [0.5, 0.6) is 0 Å². The van der Waals surface area contributed by atoms with Crippen molar-refractivity contribution in [1.82, 2.24) is 14.5 Å². The summed E-state index contributed by atoms with van der Waals surface area (Å²) >= 11 is 0. The number of imide groups is 1. The molecule has 1 unspecified atom stereocenters. The van der Waals surface area contributed by atoms with Gasteiger partial charge in [-0.15, -0.1) is 0 Å². The van der Waals surface area contributed by atoms with E-state index >= 15 is 0 Å². The minimum atomic E-state index is -0.696. The first kappa shape index (κ1) is 17.2. The summed E-state index contributed by atoms with van der Waals surface area (Å²) in [6.07, 6.45) is 2.70. The standard InChI is InChI=1S/C20H21N3O5/c1-22-15-11(19-8-20(9-19,10-19)17(26)28-2)4-3-5-12(15)23(18(22)27)13-6-7-14(24)21-16(13)25/h3-5,13H,6-10H2,1-2H3,(H,21,24,25). The van der Waals surface area contributed by atoms with Crippen molar-refractivity contribution in [3.05, 3.63) is 34.2 Å². The number of amides is 2. The third kappa shape index (κ3) is 1.95. The van der Waals surface area contributed by atoms with E-state index in [1.54, 1.807) is 11.6 Å². The van der Waals surface area contributed by atoms with Gasteiger partial charge in [-0.3, -0.25) is 28.8 Å². The van der Waals surface area contributed by atoms with Gasteiger partial charge < -0.3 is 4.74 Å². The largest absolute Gasteiger partial charge is 0.469 e. The maximum absolute atomic E-state index is 13.0. The summed E-state index contributed by atoms with van der Waals surface area (Å²) in [4.78, 5) is 48.9. The molecule has 4 fully saturated rings. The molecule has 1 saturated heterocycles. The van der Waals surface area contributed by atoms with Crippen molar-refractivity contribution in [3.63, 3.8) is 0 Å². The van der Waals surface area contributed by atoms with Crippen molar-refractivity contribution in [2.75, 3.05) is 7.11 Å². The molecule has 1 N–H and O–H groups in total. The zero-order chi connectivity index (χ0) is 19.8. The summed E-state index contributed by atoms with van der Waals surface area (Å²) in [6, 6.07) is 5.05. The lowest BCUT2D eigenvalue weighted by Crippen LogP contribution is -2.68. The molecule has 8 heteroatoms. The van der Waals surface area contributed by atoms with Gasteiger partial charge >= 0.3 is 11.7 Å².